The minimum atomic E-state index is -0.902. The van der Waals surface area contributed by atoms with Gasteiger partial charge in [0, 0.05) is 19.4 Å². The second-order valence-corrected chi connectivity index (χ2v) is 7.28. The van der Waals surface area contributed by atoms with Crippen LogP contribution in [-0.2, 0) is 0 Å². The molecule has 23 heavy (non-hydrogen) atoms. The molecule has 2 rings (SSSR count). The minimum absolute atomic E-state index is 0.0132. The van der Waals surface area contributed by atoms with Crippen LogP contribution >= 0.6 is 0 Å². The van der Waals surface area contributed by atoms with Crippen molar-refractivity contribution >= 4 is 6.03 Å². The van der Waals surface area contributed by atoms with E-state index >= 15 is 0 Å². The number of hydrogen-bond acceptors (Lipinski definition) is 3. The minimum Gasteiger partial charge on any atom is -0.389 e. The van der Waals surface area contributed by atoms with Crippen molar-refractivity contribution in [3.63, 3.8) is 0 Å². The molecule has 1 aliphatic rings. The van der Waals surface area contributed by atoms with Crippen LogP contribution in [-0.4, -0.2) is 40.2 Å². The lowest BCUT2D eigenvalue weighted by molar-refractivity contribution is 0.0522. The summed E-state index contributed by atoms with van der Waals surface area (Å²) in [6.45, 7) is 3.70. The molecule has 0 bridgehead atoms. The normalized spacial score (nSPS) is 17.6. The third kappa shape index (κ3) is 5.50. The van der Waals surface area contributed by atoms with Crippen molar-refractivity contribution in [2.75, 3.05) is 13.6 Å². The summed E-state index contributed by atoms with van der Waals surface area (Å²) in [5, 5.41) is 13.1. The van der Waals surface area contributed by atoms with E-state index in [-0.39, 0.29) is 12.1 Å². The maximum Gasteiger partial charge on any atom is 0.317 e. The van der Waals surface area contributed by atoms with Crippen LogP contribution in [0.5, 0.6) is 0 Å². The topological polar surface area (TPSA) is 65.5 Å². The summed E-state index contributed by atoms with van der Waals surface area (Å²) in [6, 6.07) is 3.78. The Morgan fingerprint density at radius 3 is 2.70 bits per heavy atom. The monoisotopic (exact) mass is 319 g/mol. The molecule has 1 aliphatic carbocycles. The number of aliphatic hydroxyl groups is 1. The van der Waals surface area contributed by atoms with Gasteiger partial charge in [0.2, 0.25) is 0 Å². The first-order valence-electron chi connectivity index (χ1n) is 8.51. The highest BCUT2D eigenvalue weighted by Gasteiger charge is 2.28. The fourth-order valence-corrected chi connectivity index (χ4v) is 3.40. The molecular formula is C18H29N3O2. The molecule has 2 N–H and O–H groups in total. The molecule has 0 aliphatic heterocycles. The van der Waals surface area contributed by atoms with Crippen molar-refractivity contribution in [1.29, 1.82) is 0 Å². The van der Waals surface area contributed by atoms with Crippen molar-refractivity contribution in [3.8, 4) is 0 Å². The number of aromatic nitrogens is 1. The molecule has 1 atom stereocenters. The SMILES string of the molecule is CN(CC(C)(C)O)C(=O)NC(c1cccnc1)C1CCCCC1. The Labute approximate surface area is 139 Å². The molecule has 0 spiro atoms. The second kappa shape index (κ2) is 7.77. The van der Waals surface area contributed by atoms with Crippen LogP contribution in [0.2, 0.25) is 0 Å². The van der Waals surface area contributed by atoms with Gasteiger partial charge in [0.05, 0.1) is 18.2 Å². The lowest BCUT2D eigenvalue weighted by Gasteiger charge is -2.33. The van der Waals surface area contributed by atoms with Gasteiger partial charge in [0.25, 0.3) is 0 Å². The molecule has 128 valence electrons. The third-order valence-corrected chi connectivity index (χ3v) is 4.41. The Bertz CT molecular complexity index is 493. The van der Waals surface area contributed by atoms with E-state index in [1.807, 2.05) is 18.3 Å². The molecule has 5 heteroatoms. The van der Waals surface area contributed by atoms with E-state index in [2.05, 4.69) is 10.3 Å². The van der Waals surface area contributed by atoms with E-state index in [0.717, 1.165) is 18.4 Å². The van der Waals surface area contributed by atoms with Crippen LogP contribution in [0.4, 0.5) is 4.79 Å². The van der Waals surface area contributed by atoms with Gasteiger partial charge in [0.15, 0.2) is 0 Å². The van der Waals surface area contributed by atoms with E-state index in [9.17, 15) is 9.90 Å². The first-order valence-corrected chi connectivity index (χ1v) is 8.51. The Kier molecular flexibility index (Phi) is 5.99. The number of urea groups is 1. The Morgan fingerprint density at radius 2 is 2.13 bits per heavy atom. The Morgan fingerprint density at radius 1 is 1.43 bits per heavy atom. The van der Waals surface area contributed by atoms with Gasteiger partial charge in [-0.3, -0.25) is 4.98 Å². The molecule has 1 fully saturated rings. The molecule has 1 unspecified atom stereocenters. The highest BCUT2D eigenvalue weighted by atomic mass is 16.3. The maximum atomic E-state index is 12.5. The smallest absolute Gasteiger partial charge is 0.317 e. The molecule has 5 nitrogen and oxygen atoms in total. The zero-order chi connectivity index (χ0) is 16.9. The van der Waals surface area contributed by atoms with Gasteiger partial charge in [-0.1, -0.05) is 25.3 Å². The van der Waals surface area contributed by atoms with E-state index in [4.69, 9.17) is 0 Å². The van der Waals surface area contributed by atoms with Crippen LogP contribution in [0, 0.1) is 5.92 Å². The molecule has 1 saturated carbocycles. The molecule has 0 saturated heterocycles. The van der Waals surface area contributed by atoms with E-state index in [1.54, 1.807) is 32.0 Å². The maximum absolute atomic E-state index is 12.5. The van der Waals surface area contributed by atoms with E-state index in [1.165, 1.54) is 19.3 Å². The highest BCUT2D eigenvalue weighted by Crippen LogP contribution is 2.34. The summed E-state index contributed by atoms with van der Waals surface area (Å²) < 4.78 is 0. The van der Waals surface area contributed by atoms with Gasteiger partial charge >= 0.3 is 6.03 Å². The first-order chi connectivity index (χ1) is 10.9. The van der Waals surface area contributed by atoms with Gasteiger partial charge in [0.1, 0.15) is 0 Å². The number of carbonyl (C=O) groups is 1. The zero-order valence-corrected chi connectivity index (χ0v) is 14.5. The molecule has 1 aromatic heterocycles. The Hall–Kier alpha value is -1.62. The van der Waals surface area contributed by atoms with Gasteiger partial charge in [-0.15, -0.1) is 0 Å². The van der Waals surface area contributed by atoms with Gasteiger partial charge in [-0.05, 0) is 44.2 Å². The number of likely N-dealkylation sites (N-methyl/N-ethyl adjacent to an activating group) is 1. The number of rotatable bonds is 5. The molecule has 0 aromatic carbocycles. The van der Waals surface area contributed by atoms with Crippen molar-refractivity contribution in [3.05, 3.63) is 30.1 Å². The molecule has 1 aromatic rings. The summed E-state index contributed by atoms with van der Waals surface area (Å²) in [5.41, 5.74) is 0.158. The second-order valence-electron chi connectivity index (χ2n) is 7.28. The van der Waals surface area contributed by atoms with Crippen molar-refractivity contribution in [2.45, 2.75) is 57.6 Å². The number of nitrogens with zero attached hydrogens (tertiary/aromatic N) is 2. The van der Waals surface area contributed by atoms with Crippen LogP contribution in [0.15, 0.2) is 24.5 Å². The van der Waals surface area contributed by atoms with E-state index < -0.39 is 5.60 Å². The van der Waals surface area contributed by atoms with Gasteiger partial charge in [-0.25, -0.2) is 4.79 Å². The lowest BCUT2D eigenvalue weighted by Crippen LogP contribution is -2.47. The van der Waals surface area contributed by atoms with E-state index in [0.29, 0.717) is 12.5 Å². The average molecular weight is 319 g/mol. The standard InChI is InChI=1S/C18H29N3O2/c1-18(2,23)13-21(3)17(22)20-16(14-8-5-4-6-9-14)15-10-7-11-19-12-15/h7,10-12,14,16,23H,4-6,8-9,13H2,1-3H3,(H,20,22). The number of carbonyl (C=O) groups excluding carboxylic acids is 1. The molecule has 2 amide bonds. The van der Waals surface area contributed by atoms with Crippen molar-refractivity contribution in [2.24, 2.45) is 5.92 Å². The van der Waals surface area contributed by atoms with Gasteiger partial charge in [-0.2, -0.15) is 0 Å². The fourth-order valence-electron chi connectivity index (χ4n) is 3.40. The summed E-state index contributed by atoms with van der Waals surface area (Å²) in [4.78, 5) is 18.3. The average Bonchev–Trinajstić information content (AvgIpc) is 2.52. The van der Waals surface area contributed by atoms with Crippen LogP contribution in [0.1, 0.15) is 57.6 Å². The summed E-state index contributed by atoms with van der Waals surface area (Å²) >= 11 is 0. The first kappa shape index (κ1) is 17.7. The number of nitrogens with one attached hydrogen (secondary N) is 1. The Balaban J connectivity index is 2.09. The fraction of sp³-hybridized carbons (Fsp3) is 0.667. The molecular weight excluding hydrogens is 290 g/mol. The van der Waals surface area contributed by atoms with Crippen molar-refractivity contribution in [1.82, 2.24) is 15.2 Å². The summed E-state index contributed by atoms with van der Waals surface area (Å²) in [7, 11) is 1.72. The highest BCUT2D eigenvalue weighted by molar-refractivity contribution is 5.74. The summed E-state index contributed by atoms with van der Waals surface area (Å²) in [6.07, 6.45) is 9.58. The predicted octanol–water partition coefficient (Wildman–Crippen LogP) is 3.12. The number of amides is 2. The zero-order valence-electron chi connectivity index (χ0n) is 14.5. The quantitative estimate of drug-likeness (QED) is 0.876. The third-order valence-electron chi connectivity index (χ3n) is 4.41. The number of pyridine rings is 1. The molecule has 0 radical (unpaired) electrons. The predicted molar refractivity (Wildman–Crippen MR) is 91.0 cm³/mol. The lowest BCUT2D eigenvalue weighted by atomic mass is 9.81. The van der Waals surface area contributed by atoms with Crippen molar-refractivity contribution < 1.29 is 9.90 Å². The van der Waals surface area contributed by atoms with Crippen LogP contribution in [0.25, 0.3) is 0 Å². The van der Waals surface area contributed by atoms with Crippen LogP contribution < -0.4 is 5.32 Å². The van der Waals surface area contributed by atoms with Crippen LogP contribution in [0.3, 0.4) is 0 Å². The number of hydrogen-bond donors (Lipinski definition) is 2. The largest absolute Gasteiger partial charge is 0.389 e. The van der Waals surface area contributed by atoms with Gasteiger partial charge < -0.3 is 15.3 Å². The molecule has 1 heterocycles. The summed E-state index contributed by atoms with van der Waals surface area (Å²) in [5.74, 6) is 0.451.